The van der Waals surface area contributed by atoms with Crippen molar-refractivity contribution in [3.8, 4) is 0 Å². The number of pyridine rings is 1. The standard InChI is InChI=1S/C14H19BrN2O2/c1-10-12(15)2-3-13(16-10)17-6-4-11(5-7-17)14-18-8-9-19-14/h2-3,11,14H,4-9H2,1H3. The highest BCUT2D eigenvalue weighted by Crippen LogP contribution is 2.28. The summed E-state index contributed by atoms with van der Waals surface area (Å²) in [6.07, 6.45) is 2.25. The maximum atomic E-state index is 5.61. The second-order valence-corrected chi connectivity index (χ2v) is 6.03. The minimum absolute atomic E-state index is 0.0294. The number of aryl methyl sites for hydroxylation is 1. The Morgan fingerprint density at radius 3 is 2.53 bits per heavy atom. The first kappa shape index (κ1) is 13.3. The van der Waals surface area contributed by atoms with E-state index in [1.807, 2.05) is 6.92 Å². The first-order chi connectivity index (χ1) is 9.24. The van der Waals surface area contributed by atoms with Crippen LogP contribution in [0.1, 0.15) is 18.5 Å². The molecule has 3 rings (SSSR count). The second kappa shape index (κ2) is 5.77. The Bertz CT molecular complexity index is 441. The summed E-state index contributed by atoms with van der Waals surface area (Å²) in [5.41, 5.74) is 1.04. The maximum Gasteiger partial charge on any atom is 0.160 e. The summed E-state index contributed by atoms with van der Waals surface area (Å²) in [6, 6.07) is 4.16. The first-order valence-electron chi connectivity index (χ1n) is 6.85. The van der Waals surface area contributed by atoms with E-state index in [1.54, 1.807) is 0 Å². The Hall–Kier alpha value is -0.650. The van der Waals surface area contributed by atoms with Gasteiger partial charge in [0.1, 0.15) is 5.82 Å². The first-order valence-corrected chi connectivity index (χ1v) is 7.64. The molecule has 0 atom stereocenters. The van der Waals surface area contributed by atoms with Crippen molar-refractivity contribution in [2.24, 2.45) is 5.92 Å². The molecule has 5 heteroatoms. The number of hydrogen-bond donors (Lipinski definition) is 0. The van der Waals surface area contributed by atoms with Crippen molar-refractivity contribution in [3.63, 3.8) is 0 Å². The highest BCUT2D eigenvalue weighted by atomic mass is 79.9. The summed E-state index contributed by atoms with van der Waals surface area (Å²) < 4.78 is 12.3. The third-order valence-electron chi connectivity index (χ3n) is 3.90. The number of piperidine rings is 1. The molecule has 0 radical (unpaired) electrons. The van der Waals surface area contributed by atoms with Crippen LogP contribution in [0, 0.1) is 12.8 Å². The van der Waals surface area contributed by atoms with Crippen molar-refractivity contribution >= 4 is 21.7 Å². The Morgan fingerprint density at radius 2 is 1.89 bits per heavy atom. The predicted octanol–water partition coefficient (Wildman–Crippen LogP) is 2.74. The molecule has 0 N–H and O–H groups in total. The number of aromatic nitrogens is 1. The molecule has 3 heterocycles. The lowest BCUT2D eigenvalue weighted by Gasteiger charge is -2.34. The summed E-state index contributed by atoms with van der Waals surface area (Å²) in [5, 5.41) is 0. The van der Waals surface area contributed by atoms with Crippen molar-refractivity contribution in [2.75, 3.05) is 31.2 Å². The highest BCUT2D eigenvalue weighted by Gasteiger charge is 2.30. The molecule has 1 aromatic heterocycles. The lowest BCUT2D eigenvalue weighted by Crippen LogP contribution is -2.38. The molecule has 104 valence electrons. The number of halogens is 1. The normalized spacial score (nSPS) is 22.1. The van der Waals surface area contributed by atoms with E-state index >= 15 is 0 Å². The summed E-state index contributed by atoms with van der Waals surface area (Å²) in [5.74, 6) is 1.61. The van der Waals surface area contributed by atoms with E-state index in [0.29, 0.717) is 5.92 Å². The summed E-state index contributed by atoms with van der Waals surface area (Å²) >= 11 is 3.49. The van der Waals surface area contributed by atoms with E-state index in [4.69, 9.17) is 9.47 Å². The molecule has 4 nitrogen and oxygen atoms in total. The number of hydrogen-bond acceptors (Lipinski definition) is 4. The zero-order valence-corrected chi connectivity index (χ0v) is 12.7. The molecule has 2 fully saturated rings. The molecule has 2 aliphatic heterocycles. The van der Waals surface area contributed by atoms with Crippen LogP contribution in [0.4, 0.5) is 5.82 Å². The molecule has 19 heavy (non-hydrogen) atoms. The van der Waals surface area contributed by atoms with Gasteiger partial charge in [-0.25, -0.2) is 4.98 Å². The monoisotopic (exact) mass is 326 g/mol. The fraction of sp³-hybridized carbons (Fsp3) is 0.643. The number of nitrogens with zero attached hydrogens (tertiary/aromatic N) is 2. The van der Waals surface area contributed by atoms with Crippen LogP contribution >= 0.6 is 15.9 Å². The molecule has 0 unspecified atom stereocenters. The van der Waals surface area contributed by atoms with Crippen molar-refractivity contribution in [2.45, 2.75) is 26.1 Å². The van der Waals surface area contributed by atoms with Gasteiger partial charge in [-0.05, 0) is 47.8 Å². The largest absolute Gasteiger partial charge is 0.357 e. The highest BCUT2D eigenvalue weighted by molar-refractivity contribution is 9.10. The predicted molar refractivity (Wildman–Crippen MR) is 77.3 cm³/mol. The van der Waals surface area contributed by atoms with Gasteiger partial charge in [0.25, 0.3) is 0 Å². The molecular weight excluding hydrogens is 308 g/mol. The zero-order valence-electron chi connectivity index (χ0n) is 11.1. The molecule has 1 aromatic rings. The number of rotatable bonds is 2. The van der Waals surface area contributed by atoms with Crippen molar-refractivity contribution in [1.29, 1.82) is 0 Å². The molecule has 2 aliphatic rings. The fourth-order valence-corrected chi connectivity index (χ4v) is 2.98. The molecule has 0 amide bonds. The topological polar surface area (TPSA) is 34.6 Å². The van der Waals surface area contributed by atoms with Gasteiger partial charge in [0.05, 0.1) is 18.9 Å². The van der Waals surface area contributed by atoms with Gasteiger partial charge in [0, 0.05) is 23.5 Å². The molecule has 0 aromatic carbocycles. The van der Waals surface area contributed by atoms with Gasteiger partial charge >= 0.3 is 0 Å². The van der Waals surface area contributed by atoms with Gasteiger partial charge in [-0.15, -0.1) is 0 Å². The van der Waals surface area contributed by atoms with Crippen LogP contribution in [0.25, 0.3) is 0 Å². The quantitative estimate of drug-likeness (QED) is 0.837. The lowest BCUT2D eigenvalue weighted by molar-refractivity contribution is -0.0889. The van der Waals surface area contributed by atoms with Gasteiger partial charge in [0.2, 0.25) is 0 Å². The van der Waals surface area contributed by atoms with Crippen LogP contribution in [0.2, 0.25) is 0 Å². The smallest absolute Gasteiger partial charge is 0.160 e. The van der Waals surface area contributed by atoms with Gasteiger partial charge in [-0.3, -0.25) is 0 Å². The summed E-state index contributed by atoms with van der Waals surface area (Å²) in [6.45, 7) is 5.58. The van der Waals surface area contributed by atoms with Crippen molar-refractivity contribution < 1.29 is 9.47 Å². The zero-order chi connectivity index (χ0) is 13.2. The second-order valence-electron chi connectivity index (χ2n) is 5.17. The molecule has 0 aliphatic carbocycles. The Kier molecular flexibility index (Phi) is 4.05. The van der Waals surface area contributed by atoms with Crippen LogP contribution in [-0.4, -0.2) is 37.6 Å². The molecular formula is C14H19BrN2O2. The lowest BCUT2D eigenvalue weighted by atomic mass is 9.96. The van der Waals surface area contributed by atoms with Crippen LogP contribution in [0.5, 0.6) is 0 Å². The summed E-state index contributed by atoms with van der Waals surface area (Å²) in [7, 11) is 0. The average Bonchev–Trinajstić information content (AvgIpc) is 2.96. The van der Waals surface area contributed by atoms with Crippen LogP contribution in [0.3, 0.4) is 0 Å². The van der Waals surface area contributed by atoms with Gasteiger partial charge in [-0.2, -0.15) is 0 Å². The van der Waals surface area contributed by atoms with E-state index in [0.717, 1.165) is 55.1 Å². The third kappa shape index (κ3) is 2.93. The van der Waals surface area contributed by atoms with Crippen molar-refractivity contribution in [1.82, 2.24) is 4.98 Å². The minimum Gasteiger partial charge on any atom is -0.357 e. The number of ether oxygens (including phenoxy) is 2. The minimum atomic E-state index is 0.0294. The van der Waals surface area contributed by atoms with Crippen LogP contribution < -0.4 is 4.90 Å². The Labute approximate surface area is 122 Å². The van der Waals surface area contributed by atoms with Crippen LogP contribution in [0.15, 0.2) is 16.6 Å². The third-order valence-corrected chi connectivity index (χ3v) is 4.74. The summed E-state index contributed by atoms with van der Waals surface area (Å²) in [4.78, 5) is 6.99. The van der Waals surface area contributed by atoms with Crippen LogP contribution in [-0.2, 0) is 9.47 Å². The van der Waals surface area contributed by atoms with Crippen molar-refractivity contribution in [3.05, 3.63) is 22.3 Å². The van der Waals surface area contributed by atoms with E-state index in [2.05, 4.69) is 37.9 Å². The molecule has 2 saturated heterocycles. The SMILES string of the molecule is Cc1nc(N2CCC(C3OCCO3)CC2)ccc1Br. The van der Waals surface area contributed by atoms with Gasteiger partial charge in [-0.1, -0.05) is 0 Å². The van der Waals surface area contributed by atoms with Gasteiger partial charge in [0.15, 0.2) is 6.29 Å². The molecule has 0 saturated carbocycles. The number of anilines is 1. The average molecular weight is 327 g/mol. The van der Waals surface area contributed by atoms with E-state index in [9.17, 15) is 0 Å². The molecule has 0 spiro atoms. The molecule has 0 bridgehead atoms. The Morgan fingerprint density at radius 1 is 1.21 bits per heavy atom. The van der Waals surface area contributed by atoms with E-state index in [-0.39, 0.29) is 6.29 Å². The Balaban J connectivity index is 1.61. The van der Waals surface area contributed by atoms with E-state index < -0.39 is 0 Å². The fourth-order valence-electron chi connectivity index (χ4n) is 2.76. The van der Waals surface area contributed by atoms with E-state index in [1.165, 1.54) is 0 Å². The maximum absolute atomic E-state index is 5.61. The van der Waals surface area contributed by atoms with Gasteiger partial charge < -0.3 is 14.4 Å².